The monoisotopic (exact) mass is 342 g/mol. The number of unbranched alkanes of at least 4 members (excludes halogenated alkanes) is 1. The van der Waals surface area contributed by atoms with Crippen LogP contribution in [-0.4, -0.2) is 26.4 Å². The lowest BCUT2D eigenvalue weighted by molar-refractivity contribution is 0.680. The van der Waals surface area contributed by atoms with Crippen molar-refractivity contribution in [2.24, 2.45) is 4.99 Å². The Kier molecular flexibility index (Phi) is 5.35. The van der Waals surface area contributed by atoms with Gasteiger partial charge in [-0.25, -0.2) is 19.2 Å². The molecule has 0 saturated heterocycles. The van der Waals surface area contributed by atoms with Gasteiger partial charge in [-0.05, 0) is 18.9 Å². The smallest absolute Gasteiger partial charge is 0.163 e. The summed E-state index contributed by atoms with van der Waals surface area (Å²) in [5.74, 6) is 0.670. The van der Waals surface area contributed by atoms with E-state index in [-0.39, 0.29) is 0 Å². The van der Waals surface area contributed by atoms with Crippen LogP contribution in [0, 0.1) is 0 Å². The van der Waals surface area contributed by atoms with Crippen LogP contribution in [0.5, 0.6) is 0 Å². The van der Waals surface area contributed by atoms with Gasteiger partial charge in [0.05, 0.1) is 4.90 Å². The highest BCUT2D eigenvalue weighted by Crippen LogP contribution is 2.36. The summed E-state index contributed by atoms with van der Waals surface area (Å²) in [6, 6.07) is 7.76. The molecule has 1 aliphatic rings. The molecule has 24 heavy (non-hydrogen) atoms. The number of nitrogens with zero attached hydrogens (tertiary/aromatic N) is 3. The van der Waals surface area contributed by atoms with Crippen molar-refractivity contribution in [3.63, 3.8) is 0 Å². The Morgan fingerprint density at radius 2 is 1.96 bits per heavy atom. The Morgan fingerprint density at radius 1 is 1.12 bits per heavy atom. The minimum absolute atomic E-state index is 0.488. The van der Waals surface area contributed by atoms with Gasteiger partial charge in [-0.1, -0.05) is 44.9 Å². The SMILES string of the molecule is CCCCNc1ncnc2c1N=C(CCC)c1ccccc1S2=O. The summed E-state index contributed by atoms with van der Waals surface area (Å²) in [6.45, 7) is 5.08. The van der Waals surface area contributed by atoms with Gasteiger partial charge in [-0.15, -0.1) is 0 Å². The molecule has 5 nitrogen and oxygen atoms in total. The van der Waals surface area contributed by atoms with Crippen LogP contribution in [0.4, 0.5) is 11.5 Å². The molecule has 0 saturated carbocycles. The van der Waals surface area contributed by atoms with Crippen LogP contribution < -0.4 is 5.32 Å². The van der Waals surface area contributed by atoms with Crippen LogP contribution in [0.15, 0.2) is 45.5 Å². The average Bonchev–Trinajstić information content (AvgIpc) is 2.73. The number of aliphatic imine (C=N–C) groups is 1. The first kappa shape index (κ1) is 16.8. The van der Waals surface area contributed by atoms with E-state index < -0.39 is 10.8 Å². The quantitative estimate of drug-likeness (QED) is 0.634. The highest BCUT2D eigenvalue weighted by molar-refractivity contribution is 7.85. The molecule has 2 heterocycles. The van der Waals surface area contributed by atoms with Crippen LogP contribution in [0.3, 0.4) is 0 Å². The fourth-order valence-corrected chi connectivity index (χ4v) is 3.96. The molecule has 0 radical (unpaired) electrons. The van der Waals surface area contributed by atoms with Gasteiger partial charge in [0.25, 0.3) is 0 Å². The van der Waals surface area contributed by atoms with E-state index in [1.54, 1.807) is 0 Å². The van der Waals surface area contributed by atoms with Crippen molar-refractivity contribution in [1.82, 2.24) is 9.97 Å². The molecule has 0 spiro atoms. The van der Waals surface area contributed by atoms with Crippen molar-refractivity contribution >= 4 is 28.0 Å². The minimum Gasteiger partial charge on any atom is -0.368 e. The van der Waals surface area contributed by atoms with Crippen LogP contribution in [0.1, 0.15) is 45.1 Å². The lowest BCUT2D eigenvalue weighted by Gasteiger charge is -2.09. The number of hydrogen-bond donors (Lipinski definition) is 1. The predicted octanol–water partition coefficient (Wildman–Crippen LogP) is 4.09. The standard InChI is InChI=1S/C18H22N4OS/c1-3-5-11-19-17-16-18(21-12-20-17)24(23)15-10-7-6-9-13(15)14(22-16)8-4-2/h6-7,9-10,12H,3-5,8,11H2,1-2H3,(H,19,20,21). The molecule has 1 aromatic heterocycles. The van der Waals surface area contributed by atoms with E-state index in [1.807, 2.05) is 24.3 Å². The van der Waals surface area contributed by atoms with Gasteiger partial charge in [0.2, 0.25) is 0 Å². The van der Waals surface area contributed by atoms with Gasteiger partial charge in [0.15, 0.2) is 10.8 Å². The number of benzene rings is 1. The van der Waals surface area contributed by atoms with E-state index in [2.05, 4.69) is 29.1 Å². The zero-order chi connectivity index (χ0) is 16.9. The third-order valence-electron chi connectivity index (χ3n) is 3.92. The maximum Gasteiger partial charge on any atom is 0.163 e. The third kappa shape index (κ3) is 3.24. The van der Waals surface area contributed by atoms with E-state index in [1.165, 1.54) is 6.33 Å². The second-order valence-corrected chi connectivity index (χ2v) is 7.09. The minimum atomic E-state index is -1.36. The molecule has 1 N–H and O–H groups in total. The number of hydrogen-bond acceptors (Lipinski definition) is 5. The summed E-state index contributed by atoms with van der Waals surface area (Å²) in [7, 11) is -1.36. The first-order chi connectivity index (χ1) is 11.8. The number of nitrogens with one attached hydrogen (secondary N) is 1. The summed E-state index contributed by atoms with van der Waals surface area (Å²) < 4.78 is 13.1. The van der Waals surface area contributed by atoms with Gasteiger partial charge in [-0.2, -0.15) is 0 Å². The van der Waals surface area contributed by atoms with Crippen LogP contribution >= 0.6 is 0 Å². The Bertz CT molecular complexity index is 788. The maximum absolute atomic E-state index is 13.1. The van der Waals surface area contributed by atoms with E-state index in [0.717, 1.165) is 48.4 Å². The van der Waals surface area contributed by atoms with E-state index >= 15 is 0 Å². The molecule has 0 amide bonds. The molecule has 1 aliphatic heterocycles. The summed E-state index contributed by atoms with van der Waals surface area (Å²) >= 11 is 0. The molecule has 6 heteroatoms. The molecule has 0 fully saturated rings. The Balaban J connectivity index is 2.13. The normalized spacial score (nSPS) is 15.9. The van der Waals surface area contributed by atoms with Crippen molar-refractivity contribution < 1.29 is 4.21 Å². The van der Waals surface area contributed by atoms with Crippen molar-refractivity contribution in [3.8, 4) is 0 Å². The molecule has 1 aromatic carbocycles. The van der Waals surface area contributed by atoms with Gasteiger partial charge in [0, 0.05) is 17.8 Å². The fraction of sp³-hybridized carbons (Fsp3) is 0.389. The zero-order valence-electron chi connectivity index (χ0n) is 14.1. The summed E-state index contributed by atoms with van der Waals surface area (Å²) in [4.78, 5) is 14.2. The second kappa shape index (κ2) is 7.66. The lowest BCUT2D eigenvalue weighted by Crippen LogP contribution is -2.06. The first-order valence-corrected chi connectivity index (χ1v) is 9.58. The van der Waals surface area contributed by atoms with E-state index in [4.69, 9.17) is 4.99 Å². The Hall–Kier alpha value is -2.08. The van der Waals surface area contributed by atoms with Gasteiger partial charge >= 0.3 is 0 Å². The molecule has 126 valence electrons. The fourth-order valence-electron chi connectivity index (χ4n) is 2.71. The molecule has 2 aromatic rings. The van der Waals surface area contributed by atoms with Gasteiger partial charge in [0.1, 0.15) is 22.8 Å². The van der Waals surface area contributed by atoms with E-state index in [0.29, 0.717) is 16.5 Å². The Morgan fingerprint density at radius 3 is 2.75 bits per heavy atom. The summed E-state index contributed by atoms with van der Waals surface area (Å²) in [5.41, 5.74) is 2.52. The van der Waals surface area contributed by atoms with Crippen LogP contribution in [0.2, 0.25) is 0 Å². The zero-order valence-corrected chi connectivity index (χ0v) is 14.9. The second-order valence-electron chi connectivity index (χ2n) is 5.73. The van der Waals surface area contributed by atoms with E-state index in [9.17, 15) is 4.21 Å². The molecule has 1 unspecified atom stereocenters. The average molecular weight is 342 g/mol. The first-order valence-electron chi connectivity index (χ1n) is 8.43. The van der Waals surface area contributed by atoms with Crippen molar-refractivity contribution in [2.45, 2.75) is 49.5 Å². The Labute approximate surface area is 145 Å². The molecule has 0 aliphatic carbocycles. The molecular formula is C18H22N4OS. The molecule has 3 rings (SSSR count). The predicted molar refractivity (Wildman–Crippen MR) is 97.7 cm³/mol. The van der Waals surface area contributed by atoms with Crippen molar-refractivity contribution in [3.05, 3.63) is 36.2 Å². The molecular weight excluding hydrogens is 320 g/mol. The number of anilines is 1. The topological polar surface area (TPSA) is 67.2 Å². The number of fused-ring (bicyclic) bond motifs is 2. The number of aromatic nitrogens is 2. The van der Waals surface area contributed by atoms with Crippen molar-refractivity contribution in [1.29, 1.82) is 0 Å². The molecule has 1 atom stereocenters. The highest BCUT2D eigenvalue weighted by Gasteiger charge is 2.25. The number of rotatable bonds is 6. The van der Waals surface area contributed by atoms with Gasteiger partial charge in [-0.3, -0.25) is 0 Å². The largest absolute Gasteiger partial charge is 0.368 e. The van der Waals surface area contributed by atoms with Crippen LogP contribution in [0.25, 0.3) is 0 Å². The lowest BCUT2D eigenvalue weighted by atomic mass is 10.1. The van der Waals surface area contributed by atoms with Crippen molar-refractivity contribution in [2.75, 3.05) is 11.9 Å². The third-order valence-corrected chi connectivity index (χ3v) is 5.32. The molecule has 0 bridgehead atoms. The highest BCUT2D eigenvalue weighted by atomic mass is 32.2. The summed E-state index contributed by atoms with van der Waals surface area (Å²) in [6.07, 6.45) is 5.42. The van der Waals surface area contributed by atoms with Crippen LogP contribution in [-0.2, 0) is 10.8 Å². The summed E-state index contributed by atoms with van der Waals surface area (Å²) in [5, 5.41) is 3.81. The maximum atomic E-state index is 13.1. The van der Waals surface area contributed by atoms with Gasteiger partial charge < -0.3 is 5.32 Å².